The molecule has 1 heterocycles. The number of aryl methyl sites for hydroxylation is 2. The molecule has 0 aliphatic carbocycles. The number of aromatic nitrogens is 1. The molecule has 1 aromatic heterocycles. The third kappa shape index (κ3) is 2.70. The van der Waals surface area contributed by atoms with Gasteiger partial charge in [0.1, 0.15) is 5.82 Å². The van der Waals surface area contributed by atoms with Crippen LogP contribution < -0.4 is 16.8 Å². The minimum Gasteiger partial charge on any atom is -0.366 e. The van der Waals surface area contributed by atoms with Gasteiger partial charge in [0.15, 0.2) is 0 Å². The van der Waals surface area contributed by atoms with Crippen molar-refractivity contribution in [3.05, 3.63) is 22.9 Å². The number of anilines is 1. The summed E-state index contributed by atoms with van der Waals surface area (Å²) >= 11 is 0. The van der Waals surface area contributed by atoms with Gasteiger partial charge in [0.2, 0.25) is 0 Å². The quantitative estimate of drug-likeness (QED) is 0.693. The van der Waals surface area contributed by atoms with Gasteiger partial charge in [0.25, 0.3) is 5.91 Å². The molecule has 1 aromatic rings. The Labute approximate surface area is 95.2 Å². The van der Waals surface area contributed by atoms with Crippen molar-refractivity contribution < 1.29 is 4.79 Å². The zero-order valence-electron chi connectivity index (χ0n) is 9.87. The highest BCUT2D eigenvalue weighted by molar-refractivity contribution is 5.99. The third-order valence-electron chi connectivity index (χ3n) is 2.33. The van der Waals surface area contributed by atoms with Crippen molar-refractivity contribution in [1.82, 2.24) is 4.98 Å². The highest BCUT2D eigenvalue weighted by Crippen LogP contribution is 2.18. The van der Waals surface area contributed by atoms with Gasteiger partial charge in [0, 0.05) is 18.3 Å². The first-order chi connectivity index (χ1) is 7.45. The molecule has 1 atom stereocenters. The standard InChI is InChI=1S/C11H18N4O/c1-6-4-7(2)14-11(9(6)10(13)16)15-8(3)5-12/h4,8H,5,12H2,1-3H3,(H2,13,16)(H,14,15). The Morgan fingerprint density at radius 3 is 2.69 bits per heavy atom. The maximum absolute atomic E-state index is 11.3. The summed E-state index contributed by atoms with van der Waals surface area (Å²) in [4.78, 5) is 15.6. The van der Waals surface area contributed by atoms with Crippen LogP contribution in [0.3, 0.4) is 0 Å². The molecule has 0 aliphatic heterocycles. The molecule has 0 fully saturated rings. The first-order valence-corrected chi connectivity index (χ1v) is 5.20. The number of carbonyl (C=O) groups is 1. The Morgan fingerprint density at radius 1 is 1.56 bits per heavy atom. The highest BCUT2D eigenvalue weighted by atomic mass is 16.1. The molecule has 0 spiro atoms. The van der Waals surface area contributed by atoms with E-state index < -0.39 is 5.91 Å². The van der Waals surface area contributed by atoms with Crippen LogP contribution in [0.5, 0.6) is 0 Å². The van der Waals surface area contributed by atoms with E-state index in [4.69, 9.17) is 11.5 Å². The van der Waals surface area contributed by atoms with Gasteiger partial charge in [-0.2, -0.15) is 0 Å². The summed E-state index contributed by atoms with van der Waals surface area (Å²) in [7, 11) is 0. The molecule has 1 rings (SSSR count). The van der Waals surface area contributed by atoms with Crippen LogP contribution in [0, 0.1) is 13.8 Å². The van der Waals surface area contributed by atoms with Crippen molar-refractivity contribution in [2.45, 2.75) is 26.8 Å². The molecule has 0 bridgehead atoms. The number of pyridine rings is 1. The number of primary amides is 1. The molecule has 0 saturated heterocycles. The van der Waals surface area contributed by atoms with Crippen LogP contribution in [0.15, 0.2) is 6.07 Å². The molecule has 5 heteroatoms. The second-order valence-electron chi connectivity index (χ2n) is 3.95. The molecule has 0 aliphatic rings. The fourth-order valence-corrected chi connectivity index (χ4v) is 1.54. The fourth-order valence-electron chi connectivity index (χ4n) is 1.54. The van der Waals surface area contributed by atoms with Crippen LogP contribution in [0.2, 0.25) is 0 Å². The van der Waals surface area contributed by atoms with Crippen molar-refractivity contribution in [3.8, 4) is 0 Å². The molecular formula is C11H18N4O. The Balaban J connectivity index is 3.19. The van der Waals surface area contributed by atoms with E-state index in [1.807, 2.05) is 26.8 Å². The van der Waals surface area contributed by atoms with E-state index in [0.717, 1.165) is 11.3 Å². The zero-order chi connectivity index (χ0) is 12.3. The lowest BCUT2D eigenvalue weighted by atomic mass is 10.1. The molecule has 0 saturated carbocycles. The number of nitrogens with two attached hydrogens (primary N) is 2. The Morgan fingerprint density at radius 2 is 2.19 bits per heavy atom. The monoisotopic (exact) mass is 222 g/mol. The van der Waals surface area contributed by atoms with Crippen molar-refractivity contribution in [3.63, 3.8) is 0 Å². The number of nitrogens with zero attached hydrogens (tertiary/aromatic N) is 1. The number of hydrogen-bond acceptors (Lipinski definition) is 4. The molecule has 1 amide bonds. The van der Waals surface area contributed by atoms with Crippen LogP contribution in [-0.2, 0) is 0 Å². The van der Waals surface area contributed by atoms with Gasteiger partial charge < -0.3 is 16.8 Å². The van der Waals surface area contributed by atoms with Crippen LogP contribution in [0.25, 0.3) is 0 Å². The molecular weight excluding hydrogens is 204 g/mol. The summed E-state index contributed by atoms with van der Waals surface area (Å²) in [6, 6.07) is 1.88. The van der Waals surface area contributed by atoms with Gasteiger partial charge in [0.05, 0.1) is 5.56 Å². The molecule has 5 nitrogen and oxygen atoms in total. The average Bonchev–Trinajstić information content (AvgIpc) is 2.15. The lowest BCUT2D eigenvalue weighted by Gasteiger charge is -2.16. The van der Waals surface area contributed by atoms with E-state index in [1.165, 1.54) is 0 Å². The van der Waals surface area contributed by atoms with Crippen molar-refractivity contribution in [2.24, 2.45) is 11.5 Å². The van der Waals surface area contributed by atoms with Crippen molar-refractivity contribution in [1.29, 1.82) is 0 Å². The first kappa shape index (κ1) is 12.4. The minimum atomic E-state index is -0.475. The van der Waals surface area contributed by atoms with Gasteiger partial charge >= 0.3 is 0 Å². The lowest BCUT2D eigenvalue weighted by molar-refractivity contribution is 0.1000. The summed E-state index contributed by atoms with van der Waals surface area (Å²) in [5.41, 5.74) is 13.0. The SMILES string of the molecule is Cc1cc(C)c(C(N)=O)c(NC(C)CN)n1. The van der Waals surface area contributed by atoms with Crippen LogP contribution in [-0.4, -0.2) is 23.5 Å². The summed E-state index contributed by atoms with van der Waals surface area (Å²) in [6.07, 6.45) is 0. The largest absolute Gasteiger partial charge is 0.366 e. The Hall–Kier alpha value is -1.62. The van der Waals surface area contributed by atoms with Gasteiger partial charge in [-0.3, -0.25) is 4.79 Å². The van der Waals surface area contributed by atoms with E-state index >= 15 is 0 Å². The fraction of sp³-hybridized carbons (Fsp3) is 0.455. The Bertz CT molecular complexity index is 403. The summed E-state index contributed by atoms with van der Waals surface area (Å²) < 4.78 is 0. The number of hydrogen-bond donors (Lipinski definition) is 3. The number of carbonyl (C=O) groups excluding carboxylic acids is 1. The number of amides is 1. The maximum atomic E-state index is 11.3. The molecule has 0 radical (unpaired) electrons. The normalized spacial score (nSPS) is 12.2. The lowest BCUT2D eigenvalue weighted by Crippen LogP contribution is -2.28. The zero-order valence-corrected chi connectivity index (χ0v) is 9.87. The highest BCUT2D eigenvalue weighted by Gasteiger charge is 2.14. The van der Waals surface area contributed by atoms with E-state index in [2.05, 4.69) is 10.3 Å². The Kier molecular flexibility index (Phi) is 3.84. The number of nitrogens with one attached hydrogen (secondary N) is 1. The number of rotatable bonds is 4. The summed E-state index contributed by atoms with van der Waals surface area (Å²) in [5, 5.41) is 3.09. The van der Waals surface area contributed by atoms with E-state index in [-0.39, 0.29) is 6.04 Å². The van der Waals surface area contributed by atoms with E-state index in [0.29, 0.717) is 17.9 Å². The van der Waals surface area contributed by atoms with Crippen molar-refractivity contribution >= 4 is 11.7 Å². The molecule has 5 N–H and O–H groups in total. The molecule has 1 unspecified atom stereocenters. The van der Waals surface area contributed by atoms with E-state index in [9.17, 15) is 4.79 Å². The second-order valence-corrected chi connectivity index (χ2v) is 3.95. The van der Waals surface area contributed by atoms with Gasteiger partial charge in [-0.1, -0.05) is 0 Å². The predicted octanol–water partition coefficient (Wildman–Crippen LogP) is 0.556. The molecule has 0 aromatic carbocycles. The van der Waals surface area contributed by atoms with Crippen LogP contribution in [0.1, 0.15) is 28.5 Å². The first-order valence-electron chi connectivity index (χ1n) is 5.20. The van der Waals surface area contributed by atoms with E-state index in [1.54, 1.807) is 0 Å². The molecule has 16 heavy (non-hydrogen) atoms. The van der Waals surface area contributed by atoms with Crippen molar-refractivity contribution in [2.75, 3.05) is 11.9 Å². The smallest absolute Gasteiger partial charge is 0.252 e. The topological polar surface area (TPSA) is 94.0 Å². The summed E-state index contributed by atoms with van der Waals surface area (Å²) in [6.45, 7) is 6.10. The summed E-state index contributed by atoms with van der Waals surface area (Å²) in [5.74, 6) is 0.0414. The third-order valence-corrected chi connectivity index (χ3v) is 2.33. The van der Waals surface area contributed by atoms with Gasteiger partial charge in [-0.25, -0.2) is 4.98 Å². The minimum absolute atomic E-state index is 0.0480. The van der Waals surface area contributed by atoms with Crippen LogP contribution >= 0.6 is 0 Å². The average molecular weight is 222 g/mol. The molecule has 88 valence electrons. The van der Waals surface area contributed by atoms with Gasteiger partial charge in [-0.05, 0) is 32.4 Å². The van der Waals surface area contributed by atoms with Gasteiger partial charge in [-0.15, -0.1) is 0 Å². The maximum Gasteiger partial charge on any atom is 0.252 e. The predicted molar refractivity (Wildman–Crippen MR) is 64.4 cm³/mol. The van der Waals surface area contributed by atoms with Crippen LogP contribution in [0.4, 0.5) is 5.82 Å². The second kappa shape index (κ2) is 4.94.